The van der Waals surface area contributed by atoms with Gasteiger partial charge in [0.1, 0.15) is 0 Å². The van der Waals surface area contributed by atoms with Gasteiger partial charge in [-0.15, -0.1) is 0 Å². The molecule has 0 bridgehead atoms. The van der Waals surface area contributed by atoms with Crippen LogP contribution in [-0.4, -0.2) is 4.98 Å². The number of halogens is 2. The Morgan fingerprint density at radius 1 is 1.06 bits per heavy atom. The summed E-state index contributed by atoms with van der Waals surface area (Å²) in [6.45, 7) is 2.18. The summed E-state index contributed by atoms with van der Waals surface area (Å²) in [5.41, 5.74) is 2.36. The molecule has 17 heavy (non-hydrogen) atoms. The standard InChI is InChI=1S/C14H13Br2N/c1-10(13-8-4-5-9-17-13)14(16)11-6-2-3-7-12(11)15/h2-10,14H,1H3. The fraction of sp³-hybridized carbons (Fsp3) is 0.214. The molecule has 1 nitrogen and oxygen atoms in total. The van der Waals surface area contributed by atoms with Crippen molar-refractivity contribution in [3.63, 3.8) is 0 Å². The monoisotopic (exact) mass is 353 g/mol. The van der Waals surface area contributed by atoms with Gasteiger partial charge in [0.25, 0.3) is 0 Å². The van der Waals surface area contributed by atoms with Crippen LogP contribution in [0.2, 0.25) is 0 Å². The lowest BCUT2D eigenvalue weighted by molar-refractivity contribution is 0.722. The Balaban J connectivity index is 2.27. The molecule has 0 N–H and O–H groups in total. The van der Waals surface area contributed by atoms with Crippen LogP contribution in [0, 0.1) is 0 Å². The van der Waals surface area contributed by atoms with Gasteiger partial charge < -0.3 is 0 Å². The van der Waals surface area contributed by atoms with Crippen LogP contribution in [0.4, 0.5) is 0 Å². The molecule has 2 atom stereocenters. The number of pyridine rings is 1. The Labute approximate surface area is 119 Å². The van der Waals surface area contributed by atoms with Crippen molar-refractivity contribution in [1.82, 2.24) is 4.98 Å². The van der Waals surface area contributed by atoms with Crippen molar-refractivity contribution in [1.29, 1.82) is 0 Å². The first kappa shape index (κ1) is 12.8. The van der Waals surface area contributed by atoms with Crippen molar-refractivity contribution >= 4 is 31.9 Å². The SMILES string of the molecule is CC(c1ccccn1)C(Br)c1ccccc1Br. The van der Waals surface area contributed by atoms with Gasteiger partial charge in [-0.1, -0.05) is 63.0 Å². The third-order valence-corrected chi connectivity index (χ3v) is 4.80. The maximum Gasteiger partial charge on any atom is 0.0487 e. The van der Waals surface area contributed by atoms with E-state index in [1.54, 1.807) is 0 Å². The Kier molecular flexibility index (Phi) is 4.35. The first-order valence-electron chi connectivity index (χ1n) is 5.49. The maximum atomic E-state index is 4.41. The normalized spacial score (nSPS) is 14.3. The summed E-state index contributed by atoms with van der Waals surface area (Å²) in [6, 6.07) is 14.3. The third kappa shape index (κ3) is 2.96. The van der Waals surface area contributed by atoms with E-state index in [0.717, 1.165) is 10.2 Å². The lowest BCUT2D eigenvalue weighted by atomic mass is 9.97. The molecule has 2 rings (SSSR count). The first-order valence-corrected chi connectivity index (χ1v) is 7.20. The molecule has 88 valence electrons. The topological polar surface area (TPSA) is 12.9 Å². The minimum atomic E-state index is 0.257. The molecular weight excluding hydrogens is 342 g/mol. The summed E-state index contributed by atoms with van der Waals surface area (Å²) in [4.78, 5) is 4.67. The molecule has 0 aliphatic carbocycles. The molecule has 2 unspecified atom stereocenters. The van der Waals surface area contributed by atoms with Gasteiger partial charge in [-0.05, 0) is 23.8 Å². The zero-order chi connectivity index (χ0) is 12.3. The molecule has 0 aliphatic rings. The predicted octanol–water partition coefficient (Wildman–Crippen LogP) is 5.08. The molecule has 0 aliphatic heterocycles. The first-order chi connectivity index (χ1) is 8.20. The number of hydrogen-bond donors (Lipinski definition) is 0. The molecule has 1 aromatic heterocycles. The second-order valence-electron chi connectivity index (χ2n) is 3.97. The van der Waals surface area contributed by atoms with Gasteiger partial charge in [0, 0.05) is 27.1 Å². The third-order valence-electron chi connectivity index (χ3n) is 2.80. The van der Waals surface area contributed by atoms with Crippen LogP contribution in [0.1, 0.15) is 28.9 Å². The number of nitrogens with zero attached hydrogens (tertiary/aromatic N) is 1. The van der Waals surface area contributed by atoms with Gasteiger partial charge in [0.15, 0.2) is 0 Å². The average Bonchev–Trinajstić information content (AvgIpc) is 2.39. The van der Waals surface area contributed by atoms with Crippen molar-refractivity contribution in [2.24, 2.45) is 0 Å². The molecule has 0 saturated heterocycles. The molecule has 0 radical (unpaired) electrons. The van der Waals surface area contributed by atoms with Gasteiger partial charge in [0.05, 0.1) is 0 Å². The maximum absolute atomic E-state index is 4.41. The van der Waals surface area contributed by atoms with Gasteiger partial charge in [-0.2, -0.15) is 0 Å². The van der Waals surface area contributed by atoms with E-state index < -0.39 is 0 Å². The summed E-state index contributed by atoms with van der Waals surface area (Å²) in [7, 11) is 0. The van der Waals surface area contributed by atoms with Gasteiger partial charge in [-0.3, -0.25) is 4.98 Å². The van der Waals surface area contributed by atoms with Crippen LogP contribution in [0.25, 0.3) is 0 Å². The lowest BCUT2D eigenvalue weighted by Gasteiger charge is -2.19. The molecule has 1 aromatic carbocycles. The van der Waals surface area contributed by atoms with E-state index in [4.69, 9.17) is 0 Å². The van der Waals surface area contributed by atoms with E-state index in [0.29, 0.717) is 5.92 Å². The molecule has 1 heterocycles. The van der Waals surface area contributed by atoms with E-state index in [9.17, 15) is 0 Å². The quantitative estimate of drug-likeness (QED) is 0.700. The molecule has 0 amide bonds. The highest BCUT2D eigenvalue weighted by molar-refractivity contribution is 9.11. The van der Waals surface area contributed by atoms with E-state index in [1.807, 2.05) is 24.4 Å². The number of hydrogen-bond acceptors (Lipinski definition) is 1. The van der Waals surface area contributed by atoms with E-state index >= 15 is 0 Å². The highest BCUT2D eigenvalue weighted by atomic mass is 79.9. The summed E-state index contributed by atoms with van der Waals surface area (Å²) >= 11 is 7.36. The van der Waals surface area contributed by atoms with Crippen LogP contribution in [0.15, 0.2) is 53.1 Å². The summed E-state index contributed by atoms with van der Waals surface area (Å²) in [5, 5.41) is 0. The second kappa shape index (κ2) is 5.78. The highest BCUT2D eigenvalue weighted by Crippen LogP contribution is 2.39. The molecule has 0 saturated carbocycles. The van der Waals surface area contributed by atoms with Crippen LogP contribution in [0.3, 0.4) is 0 Å². The Morgan fingerprint density at radius 2 is 1.76 bits per heavy atom. The summed E-state index contributed by atoms with van der Waals surface area (Å²) in [6.07, 6.45) is 1.84. The molecule has 0 spiro atoms. The second-order valence-corrected chi connectivity index (χ2v) is 5.81. The Morgan fingerprint density at radius 3 is 2.41 bits per heavy atom. The summed E-state index contributed by atoms with van der Waals surface area (Å²) < 4.78 is 1.13. The average molecular weight is 355 g/mol. The minimum absolute atomic E-state index is 0.257. The minimum Gasteiger partial charge on any atom is -0.261 e. The van der Waals surface area contributed by atoms with Crippen LogP contribution in [-0.2, 0) is 0 Å². The van der Waals surface area contributed by atoms with Crippen molar-refractivity contribution in [2.45, 2.75) is 17.7 Å². The molecule has 0 fully saturated rings. The largest absolute Gasteiger partial charge is 0.261 e. The zero-order valence-electron chi connectivity index (χ0n) is 9.48. The molecule has 2 aromatic rings. The van der Waals surface area contributed by atoms with Gasteiger partial charge >= 0.3 is 0 Å². The number of rotatable bonds is 3. The predicted molar refractivity (Wildman–Crippen MR) is 78.5 cm³/mol. The lowest BCUT2D eigenvalue weighted by Crippen LogP contribution is -2.04. The summed E-state index contributed by atoms with van der Waals surface area (Å²) in [5.74, 6) is 0.329. The fourth-order valence-corrected chi connectivity index (χ4v) is 3.27. The van der Waals surface area contributed by atoms with Crippen LogP contribution < -0.4 is 0 Å². The van der Waals surface area contributed by atoms with Crippen LogP contribution >= 0.6 is 31.9 Å². The highest BCUT2D eigenvalue weighted by Gasteiger charge is 2.20. The Hall–Kier alpha value is -0.670. The van der Waals surface area contributed by atoms with Gasteiger partial charge in [0.2, 0.25) is 0 Å². The van der Waals surface area contributed by atoms with Crippen molar-refractivity contribution < 1.29 is 0 Å². The van der Waals surface area contributed by atoms with E-state index in [-0.39, 0.29) is 4.83 Å². The van der Waals surface area contributed by atoms with E-state index in [2.05, 4.69) is 68.0 Å². The smallest absolute Gasteiger partial charge is 0.0487 e. The molecule has 3 heteroatoms. The van der Waals surface area contributed by atoms with Gasteiger partial charge in [-0.25, -0.2) is 0 Å². The molecular formula is C14H13Br2N. The number of benzene rings is 1. The zero-order valence-corrected chi connectivity index (χ0v) is 12.6. The fourth-order valence-electron chi connectivity index (χ4n) is 1.76. The van der Waals surface area contributed by atoms with E-state index in [1.165, 1.54) is 5.56 Å². The van der Waals surface area contributed by atoms with Crippen molar-refractivity contribution in [3.8, 4) is 0 Å². The van der Waals surface area contributed by atoms with Crippen LogP contribution in [0.5, 0.6) is 0 Å². The number of alkyl halides is 1. The van der Waals surface area contributed by atoms with Crippen molar-refractivity contribution in [3.05, 3.63) is 64.4 Å². The van der Waals surface area contributed by atoms with Crippen molar-refractivity contribution in [2.75, 3.05) is 0 Å². The Bertz CT molecular complexity index is 485. The number of aromatic nitrogens is 1.